The molecular weight excluding hydrogens is 274 g/mol. The fourth-order valence-corrected chi connectivity index (χ4v) is 1.45. The molecule has 0 fully saturated rings. The highest BCUT2D eigenvalue weighted by Crippen LogP contribution is 2.40. The number of aliphatic hydroxyl groups is 1. The van der Waals surface area contributed by atoms with Gasteiger partial charge in [0.25, 0.3) is 0 Å². The van der Waals surface area contributed by atoms with E-state index < -0.39 is 40.7 Å². The zero-order valence-corrected chi connectivity index (χ0v) is 8.71. The van der Waals surface area contributed by atoms with Crippen molar-refractivity contribution in [2.24, 2.45) is 0 Å². The maximum absolute atomic E-state index is 12.4. The molecule has 0 aliphatic carbocycles. The van der Waals surface area contributed by atoms with Crippen LogP contribution in [0.15, 0.2) is 12.1 Å². The second-order valence-corrected chi connectivity index (χ2v) is 3.53. The first-order valence-corrected chi connectivity index (χ1v) is 4.53. The van der Waals surface area contributed by atoms with Gasteiger partial charge in [0.2, 0.25) is 0 Å². The molecular formula is C9H5ClF6O. The van der Waals surface area contributed by atoms with Crippen molar-refractivity contribution in [3.63, 3.8) is 0 Å². The molecule has 0 amide bonds. The van der Waals surface area contributed by atoms with Crippen molar-refractivity contribution in [2.75, 3.05) is 0 Å². The molecule has 0 aliphatic heterocycles. The number of hydrogen-bond donors (Lipinski definition) is 1. The molecule has 0 saturated carbocycles. The first-order valence-electron chi connectivity index (χ1n) is 4.15. The minimum atomic E-state index is -5.01. The molecule has 0 saturated heterocycles. The van der Waals surface area contributed by atoms with Gasteiger partial charge in [-0.25, -0.2) is 0 Å². The smallest absolute Gasteiger partial charge is 0.392 e. The molecule has 0 aliphatic rings. The van der Waals surface area contributed by atoms with Crippen LogP contribution in [-0.2, 0) is 19.0 Å². The average Bonchev–Trinajstić information content (AvgIpc) is 2.14. The standard InChI is InChI=1S/C9H5ClF6O/c10-7-4(3-17)1-5(8(11,12)13)2-6(7)9(14,15)16/h1-2,17H,3H2. The van der Waals surface area contributed by atoms with Crippen LogP contribution in [0.2, 0.25) is 5.02 Å². The first kappa shape index (κ1) is 14.1. The molecule has 0 heterocycles. The zero-order valence-electron chi connectivity index (χ0n) is 7.95. The number of alkyl halides is 6. The Morgan fingerprint density at radius 1 is 1.00 bits per heavy atom. The van der Waals surface area contributed by atoms with Crippen LogP contribution in [0.4, 0.5) is 26.3 Å². The molecule has 0 spiro atoms. The summed E-state index contributed by atoms with van der Waals surface area (Å²) in [5, 5.41) is 7.76. The fourth-order valence-electron chi connectivity index (χ4n) is 1.17. The lowest BCUT2D eigenvalue weighted by Gasteiger charge is -2.15. The summed E-state index contributed by atoms with van der Waals surface area (Å²) in [6.07, 6.45) is -9.95. The van der Waals surface area contributed by atoms with Crippen LogP contribution < -0.4 is 0 Å². The second-order valence-electron chi connectivity index (χ2n) is 3.15. The summed E-state index contributed by atoms with van der Waals surface area (Å²) in [4.78, 5) is 0. The van der Waals surface area contributed by atoms with Gasteiger partial charge in [0.05, 0.1) is 22.8 Å². The van der Waals surface area contributed by atoms with Crippen molar-refractivity contribution in [3.8, 4) is 0 Å². The third-order valence-corrected chi connectivity index (χ3v) is 2.40. The summed E-state index contributed by atoms with van der Waals surface area (Å²) < 4.78 is 74.1. The highest BCUT2D eigenvalue weighted by atomic mass is 35.5. The van der Waals surface area contributed by atoms with E-state index in [1.54, 1.807) is 0 Å². The van der Waals surface area contributed by atoms with Crippen molar-refractivity contribution in [1.29, 1.82) is 0 Å². The Kier molecular flexibility index (Phi) is 3.63. The predicted octanol–water partition coefficient (Wildman–Crippen LogP) is 3.87. The van der Waals surface area contributed by atoms with E-state index in [9.17, 15) is 26.3 Å². The van der Waals surface area contributed by atoms with Gasteiger partial charge in [0.1, 0.15) is 0 Å². The second kappa shape index (κ2) is 4.38. The van der Waals surface area contributed by atoms with Crippen molar-refractivity contribution in [3.05, 3.63) is 33.8 Å². The Morgan fingerprint density at radius 3 is 1.88 bits per heavy atom. The summed E-state index contributed by atoms with van der Waals surface area (Å²) in [7, 11) is 0. The van der Waals surface area contributed by atoms with Crippen molar-refractivity contribution in [2.45, 2.75) is 19.0 Å². The molecule has 1 rings (SSSR count). The minimum absolute atomic E-state index is 0.0819. The van der Waals surface area contributed by atoms with Gasteiger partial charge in [-0.3, -0.25) is 0 Å². The highest BCUT2D eigenvalue weighted by molar-refractivity contribution is 6.32. The molecule has 0 aromatic heterocycles. The largest absolute Gasteiger partial charge is 0.417 e. The third kappa shape index (κ3) is 3.04. The molecule has 8 heteroatoms. The fraction of sp³-hybridized carbons (Fsp3) is 0.333. The van der Waals surface area contributed by atoms with Crippen LogP contribution in [0.5, 0.6) is 0 Å². The number of rotatable bonds is 1. The lowest BCUT2D eigenvalue weighted by molar-refractivity contribution is -0.143. The summed E-state index contributed by atoms with van der Waals surface area (Å²) in [6.45, 7) is -1.01. The Labute approximate surface area is 96.6 Å². The van der Waals surface area contributed by atoms with Crippen molar-refractivity contribution >= 4 is 11.6 Å². The SMILES string of the molecule is OCc1cc(C(F)(F)F)cc(C(F)(F)F)c1Cl. The number of halogens is 7. The van der Waals surface area contributed by atoms with Crippen LogP contribution in [0.3, 0.4) is 0 Å². The number of benzene rings is 1. The van der Waals surface area contributed by atoms with Crippen LogP contribution in [0, 0.1) is 0 Å². The summed E-state index contributed by atoms with van der Waals surface area (Å²) in [5.41, 5.74) is -3.73. The summed E-state index contributed by atoms with van der Waals surface area (Å²) in [6, 6.07) is 0.305. The van der Waals surface area contributed by atoms with E-state index in [-0.39, 0.29) is 6.07 Å². The maximum Gasteiger partial charge on any atom is 0.417 e. The zero-order chi connectivity index (χ0) is 13.4. The van der Waals surface area contributed by atoms with Crippen LogP contribution in [-0.4, -0.2) is 5.11 Å². The normalized spacial score (nSPS) is 12.9. The van der Waals surface area contributed by atoms with Crippen LogP contribution in [0.25, 0.3) is 0 Å². The predicted molar refractivity (Wildman–Crippen MR) is 47.4 cm³/mol. The average molecular weight is 279 g/mol. The number of hydrogen-bond acceptors (Lipinski definition) is 1. The van der Waals surface area contributed by atoms with E-state index in [1.807, 2.05) is 0 Å². The van der Waals surface area contributed by atoms with Gasteiger partial charge in [-0.15, -0.1) is 0 Å². The quantitative estimate of drug-likeness (QED) is 0.773. The van der Waals surface area contributed by atoms with Gasteiger partial charge >= 0.3 is 12.4 Å². The minimum Gasteiger partial charge on any atom is -0.392 e. The molecule has 96 valence electrons. The van der Waals surface area contributed by atoms with E-state index in [0.717, 1.165) is 0 Å². The van der Waals surface area contributed by atoms with Gasteiger partial charge in [0.15, 0.2) is 0 Å². The van der Waals surface area contributed by atoms with Gasteiger partial charge < -0.3 is 5.11 Å². The molecule has 1 aromatic carbocycles. The van der Waals surface area contributed by atoms with Gasteiger partial charge in [-0.2, -0.15) is 26.3 Å². The summed E-state index contributed by atoms with van der Waals surface area (Å²) in [5.74, 6) is 0. The molecule has 17 heavy (non-hydrogen) atoms. The van der Waals surface area contributed by atoms with Crippen molar-refractivity contribution in [1.82, 2.24) is 0 Å². The maximum atomic E-state index is 12.4. The lowest BCUT2D eigenvalue weighted by atomic mass is 10.0. The monoisotopic (exact) mass is 278 g/mol. The molecule has 1 nitrogen and oxygen atoms in total. The lowest BCUT2D eigenvalue weighted by Crippen LogP contribution is -2.13. The number of aliphatic hydroxyl groups excluding tert-OH is 1. The van der Waals surface area contributed by atoms with Crippen molar-refractivity contribution < 1.29 is 31.4 Å². The van der Waals surface area contributed by atoms with Crippen LogP contribution >= 0.6 is 11.6 Å². The Hall–Kier alpha value is -0.950. The van der Waals surface area contributed by atoms with Crippen LogP contribution in [0.1, 0.15) is 16.7 Å². The van der Waals surface area contributed by atoms with E-state index >= 15 is 0 Å². The Bertz CT molecular complexity index is 423. The molecule has 0 radical (unpaired) electrons. The summed E-state index contributed by atoms with van der Waals surface area (Å²) >= 11 is 5.27. The van der Waals surface area contributed by atoms with Gasteiger partial charge in [0, 0.05) is 0 Å². The molecule has 0 atom stereocenters. The van der Waals surface area contributed by atoms with E-state index in [1.165, 1.54) is 0 Å². The third-order valence-electron chi connectivity index (χ3n) is 1.95. The van der Waals surface area contributed by atoms with E-state index in [0.29, 0.717) is 6.07 Å². The molecule has 1 aromatic rings. The van der Waals surface area contributed by atoms with Gasteiger partial charge in [-0.1, -0.05) is 11.6 Å². The molecule has 1 N–H and O–H groups in total. The van der Waals surface area contributed by atoms with E-state index in [2.05, 4.69) is 0 Å². The molecule has 0 unspecified atom stereocenters. The first-order chi connectivity index (χ1) is 7.57. The Balaban J connectivity index is 3.50. The molecule has 0 bridgehead atoms. The van der Waals surface area contributed by atoms with E-state index in [4.69, 9.17) is 16.7 Å². The highest BCUT2D eigenvalue weighted by Gasteiger charge is 2.39. The Morgan fingerprint density at radius 2 is 1.53 bits per heavy atom. The van der Waals surface area contributed by atoms with Gasteiger partial charge in [-0.05, 0) is 17.7 Å². The topological polar surface area (TPSA) is 20.2 Å².